The Morgan fingerprint density at radius 1 is 1.47 bits per heavy atom. The first-order chi connectivity index (χ1) is 8.08. The molecule has 0 aliphatic carbocycles. The van der Waals surface area contributed by atoms with Crippen molar-refractivity contribution in [3.05, 3.63) is 30.2 Å². The van der Waals surface area contributed by atoms with Crippen molar-refractivity contribution in [3.8, 4) is 0 Å². The number of ketones is 1. The van der Waals surface area contributed by atoms with Crippen molar-refractivity contribution in [1.29, 1.82) is 0 Å². The van der Waals surface area contributed by atoms with Crippen LogP contribution in [0.1, 0.15) is 23.7 Å². The number of hydrogen-bond acceptors (Lipinski definition) is 4. The maximum Gasteiger partial charge on any atom is 0.306 e. The van der Waals surface area contributed by atoms with E-state index in [1.54, 1.807) is 18.2 Å². The Morgan fingerprint density at radius 3 is 2.94 bits per heavy atom. The minimum Gasteiger partial charge on any atom is -0.481 e. The highest BCUT2D eigenvalue weighted by Crippen LogP contribution is 2.17. The fraction of sp³-hybridized carbons (Fsp3) is 0.250. The maximum atomic E-state index is 11.8. The van der Waals surface area contributed by atoms with Gasteiger partial charge in [0.2, 0.25) is 0 Å². The Kier molecular flexibility index (Phi) is 2.91. The molecular weight excluding hydrogens is 222 g/mol. The number of oxazole rings is 1. The van der Waals surface area contributed by atoms with Crippen LogP contribution in [0.2, 0.25) is 0 Å². The number of carbonyl (C=O) groups excluding carboxylic acids is 1. The minimum atomic E-state index is -0.973. The molecule has 2 aromatic rings. The largest absolute Gasteiger partial charge is 0.481 e. The van der Waals surface area contributed by atoms with Gasteiger partial charge in [0.05, 0.1) is 5.92 Å². The zero-order valence-electron chi connectivity index (χ0n) is 9.21. The number of benzene rings is 1. The van der Waals surface area contributed by atoms with Crippen molar-refractivity contribution >= 4 is 22.9 Å². The molecule has 5 heteroatoms. The van der Waals surface area contributed by atoms with Crippen LogP contribution in [0.5, 0.6) is 0 Å². The second kappa shape index (κ2) is 4.37. The lowest BCUT2D eigenvalue weighted by Gasteiger charge is -2.04. The fourth-order valence-corrected chi connectivity index (χ4v) is 1.51. The minimum absolute atomic E-state index is 0.0189. The van der Waals surface area contributed by atoms with Gasteiger partial charge in [0.15, 0.2) is 17.8 Å². The lowest BCUT2D eigenvalue weighted by Crippen LogP contribution is -2.14. The predicted molar refractivity (Wildman–Crippen MR) is 59.8 cm³/mol. The molecule has 0 radical (unpaired) electrons. The number of rotatable bonds is 4. The number of nitrogens with zero attached hydrogens (tertiary/aromatic N) is 1. The number of carboxylic acids is 1. The van der Waals surface area contributed by atoms with Crippen LogP contribution in [0.4, 0.5) is 0 Å². The predicted octanol–water partition coefficient (Wildman–Crippen LogP) is 2.12. The molecule has 17 heavy (non-hydrogen) atoms. The van der Waals surface area contributed by atoms with Gasteiger partial charge in [-0.2, -0.15) is 0 Å². The van der Waals surface area contributed by atoms with Gasteiger partial charge in [0, 0.05) is 12.0 Å². The first-order valence-electron chi connectivity index (χ1n) is 5.17. The van der Waals surface area contributed by atoms with Crippen molar-refractivity contribution in [2.45, 2.75) is 13.3 Å². The zero-order chi connectivity index (χ0) is 12.4. The average Bonchev–Trinajstić information content (AvgIpc) is 2.75. The molecule has 0 bridgehead atoms. The van der Waals surface area contributed by atoms with Crippen LogP contribution < -0.4 is 0 Å². The highest BCUT2D eigenvalue weighted by molar-refractivity contribution is 6.00. The van der Waals surface area contributed by atoms with Gasteiger partial charge < -0.3 is 9.52 Å². The molecule has 0 saturated carbocycles. The van der Waals surface area contributed by atoms with E-state index in [1.165, 1.54) is 13.3 Å². The highest BCUT2D eigenvalue weighted by Gasteiger charge is 2.17. The highest BCUT2D eigenvalue weighted by atomic mass is 16.4. The van der Waals surface area contributed by atoms with E-state index in [0.29, 0.717) is 16.7 Å². The topological polar surface area (TPSA) is 80.4 Å². The molecule has 1 heterocycles. The summed E-state index contributed by atoms with van der Waals surface area (Å²) in [5, 5.41) is 8.74. The van der Waals surface area contributed by atoms with Crippen LogP contribution in [0.3, 0.4) is 0 Å². The maximum absolute atomic E-state index is 11.8. The Bertz CT molecular complexity index is 573. The smallest absolute Gasteiger partial charge is 0.306 e. The van der Waals surface area contributed by atoms with E-state index >= 15 is 0 Å². The molecule has 1 N–H and O–H groups in total. The molecule has 0 spiro atoms. The van der Waals surface area contributed by atoms with Gasteiger partial charge in [-0.25, -0.2) is 4.98 Å². The zero-order valence-corrected chi connectivity index (χ0v) is 9.21. The molecule has 0 aliphatic heterocycles. The number of carboxylic acid groups (broad SMARTS) is 1. The second-order valence-electron chi connectivity index (χ2n) is 3.90. The summed E-state index contributed by atoms with van der Waals surface area (Å²) in [6.07, 6.45) is 1.29. The number of carbonyl (C=O) groups is 2. The number of Topliss-reactive ketones (excluding diaryl/α,β-unsaturated/α-hetero) is 1. The Morgan fingerprint density at radius 2 is 2.24 bits per heavy atom. The molecule has 5 nitrogen and oxygen atoms in total. The normalized spacial score (nSPS) is 12.5. The summed E-state index contributed by atoms with van der Waals surface area (Å²) in [6.45, 7) is 1.51. The monoisotopic (exact) mass is 233 g/mol. The summed E-state index contributed by atoms with van der Waals surface area (Å²) in [4.78, 5) is 26.4. The molecule has 1 atom stereocenters. The quantitative estimate of drug-likeness (QED) is 0.818. The van der Waals surface area contributed by atoms with E-state index in [1.807, 2.05) is 0 Å². The second-order valence-corrected chi connectivity index (χ2v) is 3.90. The number of hydrogen-bond donors (Lipinski definition) is 1. The van der Waals surface area contributed by atoms with E-state index in [2.05, 4.69) is 4.98 Å². The van der Waals surface area contributed by atoms with Gasteiger partial charge in [-0.15, -0.1) is 0 Å². The van der Waals surface area contributed by atoms with Crippen LogP contribution >= 0.6 is 0 Å². The van der Waals surface area contributed by atoms with Gasteiger partial charge in [-0.1, -0.05) is 6.92 Å². The average molecular weight is 233 g/mol. The van der Waals surface area contributed by atoms with Crippen LogP contribution in [0.25, 0.3) is 11.1 Å². The molecule has 88 valence electrons. The lowest BCUT2D eigenvalue weighted by atomic mass is 10.00. The standard InChI is InChI=1S/C12H11NO4/c1-7(12(15)16)4-10(14)8-2-3-9-11(5-8)17-6-13-9/h2-3,5-7H,4H2,1H3,(H,15,16). The molecule has 1 aromatic heterocycles. The van der Waals surface area contributed by atoms with Gasteiger partial charge in [-0.05, 0) is 18.2 Å². The summed E-state index contributed by atoms with van der Waals surface area (Å²) in [5.41, 5.74) is 1.65. The van der Waals surface area contributed by atoms with E-state index in [-0.39, 0.29) is 12.2 Å². The van der Waals surface area contributed by atoms with Crippen molar-refractivity contribution in [3.63, 3.8) is 0 Å². The van der Waals surface area contributed by atoms with Gasteiger partial charge in [-0.3, -0.25) is 9.59 Å². The Hall–Kier alpha value is -2.17. The summed E-state index contributed by atoms with van der Waals surface area (Å²) < 4.78 is 5.08. The molecule has 0 fully saturated rings. The first kappa shape index (κ1) is 11.3. The van der Waals surface area contributed by atoms with E-state index < -0.39 is 11.9 Å². The lowest BCUT2D eigenvalue weighted by molar-refractivity contribution is -0.141. The number of aromatic nitrogens is 1. The van der Waals surface area contributed by atoms with Gasteiger partial charge in [0.25, 0.3) is 0 Å². The van der Waals surface area contributed by atoms with Gasteiger partial charge in [0.1, 0.15) is 5.52 Å². The van der Waals surface area contributed by atoms with Crippen molar-refractivity contribution in [2.75, 3.05) is 0 Å². The Balaban J connectivity index is 2.21. The van der Waals surface area contributed by atoms with E-state index in [0.717, 1.165) is 0 Å². The van der Waals surface area contributed by atoms with Crippen molar-refractivity contribution in [1.82, 2.24) is 4.98 Å². The molecule has 0 saturated heterocycles. The molecular formula is C12H11NO4. The summed E-state index contributed by atoms with van der Waals surface area (Å²) >= 11 is 0. The fourth-order valence-electron chi connectivity index (χ4n) is 1.51. The van der Waals surface area contributed by atoms with Crippen molar-refractivity contribution < 1.29 is 19.1 Å². The summed E-state index contributed by atoms with van der Waals surface area (Å²) in [6, 6.07) is 4.89. The third-order valence-corrected chi connectivity index (χ3v) is 2.57. The summed E-state index contributed by atoms with van der Waals surface area (Å²) in [5.74, 6) is -1.87. The number of fused-ring (bicyclic) bond motifs is 1. The molecule has 1 aromatic carbocycles. The molecule has 2 rings (SSSR count). The van der Waals surface area contributed by atoms with Crippen LogP contribution in [-0.2, 0) is 4.79 Å². The van der Waals surface area contributed by atoms with E-state index in [4.69, 9.17) is 9.52 Å². The first-order valence-corrected chi connectivity index (χ1v) is 5.17. The summed E-state index contributed by atoms with van der Waals surface area (Å²) in [7, 11) is 0. The van der Waals surface area contributed by atoms with Crippen LogP contribution in [0, 0.1) is 5.92 Å². The van der Waals surface area contributed by atoms with E-state index in [9.17, 15) is 9.59 Å². The Labute approximate surface area is 97.1 Å². The third kappa shape index (κ3) is 2.33. The SMILES string of the molecule is CC(CC(=O)c1ccc2ncoc2c1)C(=O)O. The molecule has 1 unspecified atom stereocenters. The van der Waals surface area contributed by atoms with Crippen molar-refractivity contribution in [2.24, 2.45) is 5.92 Å². The van der Waals surface area contributed by atoms with Crippen LogP contribution in [0.15, 0.2) is 29.0 Å². The molecule has 0 aliphatic rings. The number of aliphatic carboxylic acids is 1. The third-order valence-electron chi connectivity index (χ3n) is 2.57. The molecule has 0 amide bonds. The van der Waals surface area contributed by atoms with Crippen LogP contribution in [-0.4, -0.2) is 21.8 Å². The van der Waals surface area contributed by atoms with Gasteiger partial charge >= 0.3 is 5.97 Å².